The minimum absolute atomic E-state index is 0.0197. The van der Waals surface area contributed by atoms with E-state index >= 15 is 0 Å². The number of nitrogens with zero attached hydrogens (tertiary/aromatic N) is 1. The Morgan fingerprint density at radius 1 is 1.17 bits per heavy atom. The van der Waals surface area contributed by atoms with Crippen LogP contribution in [0.15, 0.2) is 24.3 Å². The smallest absolute Gasteiger partial charge is 0.340 e. The van der Waals surface area contributed by atoms with Crippen LogP contribution in [0.4, 0.5) is 8.78 Å². The maximum Gasteiger partial charge on any atom is 0.340 e. The van der Waals surface area contributed by atoms with E-state index in [1.54, 1.807) is 0 Å². The van der Waals surface area contributed by atoms with Crippen LogP contribution in [0.25, 0.3) is 10.9 Å². The topological polar surface area (TPSA) is 43.3 Å². The van der Waals surface area contributed by atoms with E-state index < -0.39 is 5.92 Å². The molecule has 2 aliphatic rings. The van der Waals surface area contributed by atoms with Gasteiger partial charge in [-0.25, -0.2) is 13.6 Å². The number of nitrogens with one attached hydrogen (secondary N) is 1. The molecule has 1 atom stereocenters. The maximum absolute atomic E-state index is 13.1. The molecule has 0 bridgehead atoms. The first-order valence-corrected chi connectivity index (χ1v) is 10.6. The minimum atomic E-state index is -2.46. The number of para-hydroxylation sites is 1. The lowest BCUT2D eigenvalue weighted by Gasteiger charge is -2.41. The molecule has 29 heavy (non-hydrogen) atoms. The Morgan fingerprint density at radius 2 is 1.83 bits per heavy atom. The molecule has 1 aromatic heterocycles. The van der Waals surface area contributed by atoms with Crippen LogP contribution in [0.2, 0.25) is 0 Å². The number of carbonyl (C=O) groups is 1. The van der Waals surface area contributed by atoms with Gasteiger partial charge in [0.05, 0.1) is 12.7 Å². The van der Waals surface area contributed by atoms with E-state index in [1.807, 2.05) is 25.1 Å². The fourth-order valence-electron chi connectivity index (χ4n) is 5.37. The molecule has 2 saturated carbocycles. The van der Waals surface area contributed by atoms with Gasteiger partial charge in [0.15, 0.2) is 0 Å². The largest absolute Gasteiger partial charge is 0.465 e. The van der Waals surface area contributed by atoms with Crippen molar-refractivity contribution in [1.29, 1.82) is 0 Å². The molecule has 0 radical (unpaired) electrons. The van der Waals surface area contributed by atoms with Crippen LogP contribution in [0, 0.1) is 12.8 Å². The van der Waals surface area contributed by atoms with Gasteiger partial charge in [-0.3, -0.25) is 0 Å². The highest BCUT2D eigenvalue weighted by Gasteiger charge is 2.46. The number of fused-ring (bicyclic) bond motifs is 1. The molecule has 6 heteroatoms. The average molecular weight is 405 g/mol. The standard InChI is InChI=1S/C23H30F2N2O2/c1-14(16-8-10-17(11-9-16)26-18-12-23(24,25)13-18)27-15(2)21(22(28)29-3)19-6-4-5-7-20(19)27/h4-7,14,16-18,26H,8-13H2,1-3H3/t14-,16?,17?/m1/s1. The number of hydrogen-bond acceptors (Lipinski definition) is 3. The summed E-state index contributed by atoms with van der Waals surface area (Å²) in [6.07, 6.45) is 4.10. The number of alkyl halides is 2. The molecule has 0 unspecified atom stereocenters. The number of aromatic nitrogens is 1. The molecule has 2 aromatic rings. The van der Waals surface area contributed by atoms with E-state index in [2.05, 4.69) is 22.9 Å². The Bertz CT molecular complexity index is 892. The summed E-state index contributed by atoms with van der Waals surface area (Å²) in [6, 6.07) is 8.57. The number of carbonyl (C=O) groups excluding carboxylic acids is 1. The average Bonchev–Trinajstić information content (AvgIpc) is 2.98. The van der Waals surface area contributed by atoms with Crippen molar-refractivity contribution < 1.29 is 18.3 Å². The lowest BCUT2D eigenvalue weighted by atomic mass is 9.80. The third kappa shape index (κ3) is 3.79. The minimum Gasteiger partial charge on any atom is -0.465 e. The van der Waals surface area contributed by atoms with Gasteiger partial charge >= 0.3 is 5.97 Å². The molecular formula is C23H30F2N2O2. The predicted molar refractivity (Wildman–Crippen MR) is 110 cm³/mol. The van der Waals surface area contributed by atoms with Crippen LogP contribution in [0.5, 0.6) is 0 Å². The van der Waals surface area contributed by atoms with Crippen LogP contribution in [-0.4, -0.2) is 35.7 Å². The first kappa shape index (κ1) is 20.3. The Labute approximate surface area is 170 Å². The highest BCUT2D eigenvalue weighted by atomic mass is 19.3. The monoisotopic (exact) mass is 404 g/mol. The van der Waals surface area contributed by atoms with Gasteiger partial charge in [-0.15, -0.1) is 0 Å². The molecule has 2 fully saturated rings. The van der Waals surface area contributed by atoms with E-state index in [4.69, 9.17) is 4.74 Å². The summed E-state index contributed by atoms with van der Waals surface area (Å²) in [4.78, 5) is 12.4. The van der Waals surface area contributed by atoms with Gasteiger partial charge in [-0.1, -0.05) is 18.2 Å². The Kier molecular flexibility index (Phi) is 5.40. The zero-order valence-electron chi connectivity index (χ0n) is 17.4. The van der Waals surface area contributed by atoms with Crippen molar-refractivity contribution in [2.45, 2.75) is 76.4 Å². The second-order valence-electron chi connectivity index (χ2n) is 8.82. The second kappa shape index (κ2) is 7.71. The van der Waals surface area contributed by atoms with Gasteiger partial charge in [0.1, 0.15) is 0 Å². The number of esters is 1. The predicted octanol–water partition coefficient (Wildman–Crippen LogP) is 5.24. The molecule has 2 aliphatic carbocycles. The molecule has 1 N–H and O–H groups in total. The Balaban J connectivity index is 1.48. The van der Waals surface area contributed by atoms with Crippen molar-refractivity contribution in [3.63, 3.8) is 0 Å². The lowest BCUT2D eigenvalue weighted by molar-refractivity contribution is -0.0957. The Morgan fingerprint density at radius 3 is 2.45 bits per heavy atom. The SMILES string of the molecule is COC(=O)c1c(C)n([C@H](C)C2CCC(NC3CC(F)(F)C3)CC2)c2ccccc12. The van der Waals surface area contributed by atoms with Crippen molar-refractivity contribution in [2.75, 3.05) is 7.11 Å². The highest BCUT2D eigenvalue weighted by molar-refractivity contribution is 6.05. The summed E-state index contributed by atoms with van der Waals surface area (Å²) in [5.41, 5.74) is 2.66. The summed E-state index contributed by atoms with van der Waals surface area (Å²) in [7, 11) is 1.42. The van der Waals surface area contributed by atoms with Crippen molar-refractivity contribution in [3.05, 3.63) is 35.5 Å². The van der Waals surface area contributed by atoms with Gasteiger partial charge in [0.25, 0.3) is 5.92 Å². The highest BCUT2D eigenvalue weighted by Crippen LogP contribution is 2.40. The maximum atomic E-state index is 13.1. The van der Waals surface area contributed by atoms with Crippen LogP contribution in [-0.2, 0) is 4.74 Å². The molecule has 0 amide bonds. The van der Waals surface area contributed by atoms with Crippen molar-refractivity contribution in [3.8, 4) is 0 Å². The van der Waals surface area contributed by atoms with Crippen molar-refractivity contribution >= 4 is 16.9 Å². The van der Waals surface area contributed by atoms with Crippen LogP contribution >= 0.6 is 0 Å². The van der Waals surface area contributed by atoms with Crippen LogP contribution in [0.1, 0.15) is 67.5 Å². The number of methoxy groups -OCH3 is 1. The summed E-state index contributed by atoms with van der Waals surface area (Å²) in [5.74, 6) is -2.26. The molecule has 4 nitrogen and oxygen atoms in total. The van der Waals surface area contributed by atoms with E-state index in [1.165, 1.54) is 7.11 Å². The van der Waals surface area contributed by atoms with E-state index in [0.717, 1.165) is 42.3 Å². The fraction of sp³-hybridized carbons (Fsp3) is 0.609. The number of halogens is 2. The zero-order chi connectivity index (χ0) is 20.8. The molecule has 4 rings (SSSR count). The number of rotatable bonds is 5. The second-order valence-corrected chi connectivity index (χ2v) is 8.82. The molecule has 1 aromatic carbocycles. The quantitative estimate of drug-likeness (QED) is 0.693. The number of benzene rings is 1. The lowest BCUT2D eigenvalue weighted by Crippen LogP contribution is -2.52. The van der Waals surface area contributed by atoms with E-state index in [9.17, 15) is 13.6 Å². The number of ether oxygens (including phenoxy) is 1. The normalized spacial score (nSPS) is 25.6. The summed E-state index contributed by atoms with van der Waals surface area (Å²) in [6.45, 7) is 4.22. The zero-order valence-corrected chi connectivity index (χ0v) is 17.4. The summed E-state index contributed by atoms with van der Waals surface area (Å²) >= 11 is 0. The van der Waals surface area contributed by atoms with Crippen molar-refractivity contribution in [2.24, 2.45) is 5.92 Å². The third-order valence-corrected chi connectivity index (χ3v) is 6.97. The first-order chi connectivity index (χ1) is 13.8. The van der Waals surface area contributed by atoms with Gasteiger partial charge < -0.3 is 14.6 Å². The first-order valence-electron chi connectivity index (χ1n) is 10.6. The van der Waals surface area contributed by atoms with Gasteiger partial charge in [-0.05, 0) is 51.5 Å². The Hall–Kier alpha value is -1.95. The van der Waals surface area contributed by atoms with E-state index in [0.29, 0.717) is 17.5 Å². The van der Waals surface area contributed by atoms with Gasteiger partial charge in [0, 0.05) is 47.6 Å². The van der Waals surface area contributed by atoms with Crippen LogP contribution in [0.3, 0.4) is 0 Å². The van der Waals surface area contributed by atoms with E-state index in [-0.39, 0.29) is 30.9 Å². The molecule has 0 spiro atoms. The van der Waals surface area contributed by atoms with Gasteiger partial charge in [-0.2, -0.15) is 0 Å². The fourth-order valence-corrected chi connectivity index (χ4v) is 5.37. The molecule has 0 saturated heterocycles. The third-order valence-electron chi connectivity index (χ3n) is 6.97. The molecule has 1 heterocycles. The molecule has 158 valence electrons. The molecule has 0 aliphatic heterocycles. The van der Waals surface area contributed by atoms with Crippen molar-refractivity contribution in [1.82, 2.24) is 9.88 Å². The molecular weight excluding hydrogens is 374 g/mol. The summed E-state index contributed by atoms with van der Waals surface area (Å²) in [5, 5.41) is 4.36. The number of hydrogen-bond donors (Lipinski definition) is 1. The van der Waals surface area contributed by atoms with Crippen LogP contribution < -0.4 is 5.32 Å². The van der Waals surface area contributed by atoms with Gasteiger partial charge in [0.2, 0.25) is 0 Å². The summed E-state index contributed by atoms with van der Waals surface area (Å²) < 4.78 is 33.5.